The van der Waals surface area contributed by atoms with Crippen molar-refractivity contribution < 1.29 is 24.2 Å². The topological polar surface area (TPSA) is 0 Å². The molecule has 0 spiro atoms. The fraction of sp³-hybridized carbons (Fsp3) is 0.485. The predicted molar refractivity (Wildman–Crippen MR) is 145 cm³/mol. The van der Waals surface area contributed by atoms with Crippen molar-refractivity contribution in [2.24, 2.45) is 0 Å². The van der Waals surface area contributed by atoms with Crippen molar-refractivity contribution in [3.63, 3.8) is 0 Å². The average Bonchev–Trinajstić information content (AvgIpc) is 3.40. The fourth-order valence-corrected chi connectivity index (χ4v) is 5.39. The molecule has 0 atom stereocenters. The molecule has 2 aromatic carbocycles. The van der Waals surface area contributed by atoms with Gasteiger partial charge in [0.05, 0.1) is 0 Å². The number of hydrogen-bond acceptors (Lipinski definition) is 0. The Morgan fingerprint density at radius 1 is 0.794 bits per heavy atom. The van der Waals surface area contributed by atoms with Crippen molar-refractivity contribution in [2.75, 3.05) is 0 Å². The van der Waals surface area contributed by atoms with Gasteiger partial charge in [-0.1, -0.05) is 65.3 Å². The Morgan fingerprint density at radius 2 is 1.47 bits per heavy atom. The molecule has 0 aliphatic heterocycles. The Morgan fingerprint density at radius 3 is 2.00 bits per heavy atom. The predicted octanol–water partition coefficient (Wildman–Crippen LogP) is 9.02. The summed E-state index contributed by atoms with van der Waals surface area (Å²) >= 11 is 1.69. The Balaban J connectivity index is 0.000000202. The van der Waals surface area contributed by atoms with Crippen LogP contribution in [-0.2, 0) is 41.5 Å². The molecule has 3 aliphatic carbocycles. The molecule has 0 nitrogen and oxygen atoms in total. The van der Waals surface area contributed by atoms with Crippen molar-refractivity contribution in [2.45, 2.75) is 104 Å². The molecule has 0 heterocycles. The first-order valence-electron chi connectivity index (χ1n) is 13.0. The second-order valence-electron chi connectivity index (χ2n) is 11.8. The van der Waals surface area contributed by atoms with Crippen LogP contribution in [0.1, 0.15) is 109 Å². The maximum absolute atomic E-state index is 3.67. The summed E-state index contributed by atoms with van der Waals surface area (Å²) in [4.78, 5) is 0. The minimum atomic E-state index is 0.167. The Kier molecular flexibility index (Phi) is 9.68. The third kappa shape index (κ3) is 7.85. The fourth-order valence-electron chi connectivity index (χ4n) is 4.52. The third-order valence-electron chi connectivity index (χ3n) is 6.76. The zero-order valence-corrected chi connectivity index (χ0v) is 24.7. The van der Waals surface area contributed by atoms with Crippen molar-refractivity contribution in [1.82, 2.24) is 0 Å². The van der Waals surface area contributed by atoms with Gasteiger partial charge in [0, 0.05) is 0 Å². The van der Waals surface area contributed by atoms with E-state index in [1.165, 1.54) is 71.9 Å². The van der Waals surface area contributed by atoms with E-state index in [0.29, 0.717) is 0 Å². The van der Waals surface area contributed by atoms with Crippen LogP contribution in [0, 0.1) is 12.1 Å². The van der Waals surface area contributed by atoms with E-state index in [1.807, 2.05) is 15.4 Å². The number of hydrogen-bond donors (Lipinski definition) is 0. The number of rotatable bonds is 0. The summed E-state index contributed by atoms with van der Waals surface area (Å²) in [5.74, 6) is 0. The van der Waals surface area contributed by atoms with Crippen molar-refractivity contribution in [1.29, 1.82) is 0 Å². The van der Waals surface area contributed by atoms with E-state index < -0.39 is 0 Å². The average molecular weight is 530 g/mol. The summed E-state index contributed by atoms with van der Waals surface area (Å²) in [5.41, 5.74) is 8.70. The van der Waals surface area contributed by atoms with E-state index in [0.717, 1.165) is 12.8 Å². The van der Waals surface area contributed by atoms with Gasteiger partial charge in [-0.05, 0) is 28.4 Å². The summed E-state index contributed by atoms with van der Waals surface area (Å²) in [6.07, 6.45) is 19.8. The van der Waals surface area contributed by atoms with Crippen LogP contribution in [0.15, 0.2) is 48.6 Å². The molecule has 3 aliphatic rings. The monoisotopic (exact) mass is 528 g/mol. The molecular weight excluding hydrogens is 488 g/mol. The number of benzene rings is 2. The van der Waals surface area contributed by atoms with E-state index in [9.17, 15) is 0 Å². The molecule has 178 valence electrons. The van der Waals surface area contributed by atoms with Gasteiger partial charge < -0.3 is 0 Å². The molecule has 0 unspecified atom stereocenters. The van der Waals surface area contributed by atoms with Crippen molar-refractivity contribution in [3.8, 4) is 11.1 Å². The second kappa shape index (κ2) is 12.1. The Labute approximate surface area is 224 Å². The molecule has 0 N–H and O–H groups in total. The van der Waals surface area contributed by atoms with Gasteiger partial charge in [0.25, 0.3) is 0 Å². The number of fused-ring (bicyclic) bond motifs is 3. The third-order valence-corrected chi connectivity index (χ3v) is 7.99. The van der Waals surface area contributed by atoms with Gasteiger partial charge in [-0.3, -0.25) is 6.08 Å². The molecule has 0 amide bonds. The molecule has 1 heteroatoms. The Bertz CT molecular complexity index is 956. The van der Waals surface area contributed by atoms with Crippen LogP contribution in [0.25, 0.3) is 11.1 Å². The first kappa shape index (κ1) is 27.3. The van der Waals surface area contributed by atoms with Crippen LogP contribution in [0.2, 0.25) is 0 Å². The maximum atomic E-state index is 3.67. The summed E-state index contributed by atoms with van der Waals surface area (Å²) in [6.45, 7) is 13.6. The molecule has 5 rings (SSSR count). The van der Waals surface area contributed by atoms with E-state index >= 15 is 0 Å². The van der Waals surface area contributed by atoms with Gasteiger partial charge in [-0.25, -0.2) is 12.2 Å². The van der Waals surface area contributed by atoms with Gasteiger partial charge in [0.15, 0.2) is 0 Å². The second-order valence-corrected chi connectivity index (χ2v) is 13.6. The Hall–Kier alpha value is -1.33. The van der Waals surface area contributed by atoms with E-state index in [-0.39, 0.29) is 10.8 Å². The zero-order valence-electron chi connectivity index (χ0n) is 22.3. The van der Waals surface area contributed by atoms with Crippen LogP contribution in [-0.4, -0.2) is 3.21 Å². The summed E-state index contributed by atoms with van der Waals surface area (Å²) < 4.78 is 1.81. The molecular formula is C33H42Zr. The summed E-state index contributed by atoms with van der Waals surface area (Å²) in [6, 6.07) is 15.2. The van der Waals surface area contributed by atoms with Crippen LogP contribution < -0.4 is 0 Å². The SMILES string of the molecule is CC(C)(C)c1[c-]c2c(cc1)-c1ccc(C(C)(C)C)cc1C2.[C-]1=CC=CC1.[Zr+2]=[C]1CCCCCC1. The van der Waals surface area contributed by atoms with Crippen LogP contribution >= 0.6 is 0 Å². The van der Waals surface area contributed by atoms with Crippen molar-refractivity contribution >= 4 is 3.21 Å². The van der Waals surface area contributed by atoms with Crippen LogP contribution in [0.3, 0.4) is 0 Å². The van der Waals surface area contributed by atoms with E-state index in [2.05, 4.69) is 90.1 Å². The minimum absolute atomic E-state index is 0.167. The zero-order chi connectivity index (χ0) is 24.8. The van der Waals surface area contributed by atoms with Gasteiger partial charge in [-0.15, -0.1) is 17.5 Å². The quantitative estimate of drug-likeness (QED) is 0.201. The molecule has 1 fully saturated rings. The van der Waals surface area contributed by atoms with Gasteiger partial charge >= 0.3 is 66.0 Å². The first-order valence-corrected chi connectivity index (χ1v) is 14.3. The molecule has 1 saturated carbocycles. The van der Waals surface area contributed by atoms with Crippen LogP contribution in [0.4, 0.5) is 0 Å². The molecule has 0 aromatic heterocycles. The molecule has 34 heavy (non-hydrogen) atoms. The van der Waals surface area contributed by atoms with E-state index in [4.69, 9.17) is 0 Å². The summed E-state index contributed by atoms with van der Waals surface area (Å²) in [7, 11) is 0. The van der Waals surface area contributed by atoms with Gasteiger partial charge in [-0.2, -0.15) is 29.8 Å². The molecule has 2 aromatic rings. The van der Waals surface area contributed by atoms with Crippen LogP contribution in [0.5, 0.6) is 0 Å². The molecule has 0 bridgehead atoms. The van der Waals surface area contributed by atoms with Gasteiger partial charge in [0.2, 0.25) is 0 Å². The first-order chi connectivity index (χ1) is 16.1. The summed E-state index contributed by atoms with van der Waals surface area (Å²) in [5, 5.41) is 0. The van der Waals surface area contributed by atoms with E-state index in [1.54, 1.807) is 24.2 Å². The standard InChI is InChI=1S/C21H25.C7H12.C5H5.Zr/c1-20(2,3)16-7-9-18-14(12-16)11-15-13-17(21(4,5)6)8-10-19(15)18;1-2-4-6-7-5-3-1;1-2-4-5-3-1;/h7-10,12H,11H2,1-6H3;1-6H2;1-3H,4H2;/q-1;;-1;+2. The molecule has 0 radical (unpaired) electrons. The normalized spacial score (nSPS) is 16.6. The van der Waals surface area contributed by atoms with Crippen molar-refractivity contribution in [3.05, 3.63) is 83.0 Å². The van der Waals surface area contributed by atoms with Gasteiger partial charge in [0.1, 0.15) is 0 Å². The number of allylic oxidation sites excluding steroid dienone is 4. The molecule has 0 saturated heterocycles.